The molecule has 148 valence electrons. The zero-order valence-electron chi connectivity index (χ0n) is 15.5. The largest absolute Gasteiger partial charge is 0.336 e. The maximum atomic E-state index is 13.2. The van der Waals surface area contributed by atoms with Gasteiger partial charge in [-0.2, -0.15) is 5.10 Å². The molecule has 0 aliphatic carbocycles. The standard InChI is InChI=1S/C19H19Cl2FN4O2/c1-12-14(18(21)24(2)23-12)5-6-17(27)25-7-9-26(10-8-25)19(28)15-4-3-13(22)11-16(15)20/h3-6,11H,7-10H2,1-2H3. The fraction of sp³-hybridized carbons (Fsp3) is 0.316. The lowest BCUT2D eigenvalue weighted by Crippen LogP contribution is -2.50. The van der Waals surface area contributed by atoms with E-state index in [1.807, 2.05) is 6.92 Å². The highest BCUT2D eigenvalue weighted by molar-refractivity contribution is 6.33. The summed E-state index contributed by atoms with van der Waals surface area (Å²) in [6.07, 6.45) is 3.12. The van der Waals surface area contributed by atoms with Crippen LogP contribution < -0.4 is 0 Å². The number of hydrogen-bond donors (Lipinski definition) is 0. The molecule has 1 fully saturated rings. The van der Waals surface area contributed by atoms with E-state index in [0.29, 0.717) is 36.9 Å². The Labute approximate surface area is 172 Å². The molecule has 2 aromatic rings. The summed E-state index contributed by atoms with van der Waals surface area (Å²) in [5, 5.41) is 4.75. The summed E-state index contributed by atoms with van der Waals surface area (Å²) >= 11 is 12.1. The molecule has 0 saturated carbocycles. The monoisotopic (exact) mass is 424 g/mol. The first-order chi connectivity index (χ1) is 13.3. The summed E-state index contributed by atoms with van der Waals surface area (Å²) in [4.78, 5) is 28.3. The molecule has 0 atom stereocenters. The Hall–Kier alpha value is -2.38. The van der Waals surface area contributed by atoms with Gasteiger partial charge in [0.05, 0.1) is 16.3 Å². The number of amides is 2. The van der Waals surface area contributed by atoms with E-state index < -0.39 is 5.82 Å². The zero-order valence-corrected chi connectivity index (χ0v) is 17.0. The highest BCUT2D eigenvalue weighted by atomic mass is 35.5. The number of aromatic nitrogens is 2. The molecule has 0 N–H and O–H groups in total. The van der Waals surface area contributed by atoms with Crippen molar-refractivity contribution in [2.24, 2.45) is 7.05 Å². The van der Waals surface area contributed by atoms with Crippen molar-refractivity contribution < 1.29 is 14.0 Å². The number of piperazine rings is 1. The van der Waals surface area contributed by atoms with E-state index in [2.05, 4.69) is 5.10 Å². The van der Waals surface area contributed by atoms with Crippen LogP contribution in [0.4, 0.5) is 4.39 Å². The summed E-state index contributed by atoms with van der Waals surface area (Å²) in [6, 6.07) is 3.69. The number of hydrogen-bond acceptors (Lipinski definition) is 3. The maximum absolute atomic E-state index is 13.2. The zero-order chi connectivity index (χ0) is 20.4. The SMILES string of the molecule is Cc1nn(C)c(Cl)c1C=CC(=O)N1CCN(C(=O)c2ccc(F)cc2Cl)CC1. The predicted octanol–water partition coefficient (Wildman–Crippen LogP) is 3.17. The molecule has 1 aromatic heterocycles. The van der Waals surface area contributed by atoms with E-state index in [1.165, 1.54) is 18.2 Å². The van der Waals surface area contributed by atoms with Crippen LogP contribution in [0.15, 0.2) is 24.3 Å². The lowest BCUT2D eigenvalue weighted by molar-refractivity contribution is -0.127. The van der Waals surface area contributed by atoms with Crippen molar-refractivity contribution in [3.8, 4) is 0 Å². The summed E-state index contributed by atoms with van der Waals surface area (Å²) in [7, 11) is 1.73. The third-order valence-corrected chi connectivity index (χ3v) is 5.39. The van der Waals surface area contributed by atoms with Gasteiger partial charge in [0.15, 0.2) is 0 Å². The van der Waals surface area contributed by atoms with Gasteiger partial charge in [-0.25, -0.2) is 4.39 Å². The minimum Gasteiger partial charge on any atom is -0.336 e. The number of carbonyl (C=O) groups excluding carboxylic acids is 2. The Balaban J connectivity index is 1.61. The van der Waals surface area contributed by atoms with Crippen LogP contribution in [0.25, 0.3) is 6.08 Å². The molecule has 28 heavy (non-hydrogen) atoms. The Morgan fingerprint density at radius 1 is 1.14 bits per heavy atom. The summed E-state index contributed by atoms with van der Waals surface area (Å²) in [6.45, 7) is 3.36. The fourth-order valence-electron chi connectivity index (χ4n) is 3.06. The molecule has 1 saturated heterocycles. The number of halogens is 3. The van der Waals surface area contributed by atoms with Gasteiger partial charge in [0.25, 0.3) is 5.91 Å². The number of benzene rings is 1. The van der Waals surface area contributed by atoms with Crippen molar-refractivity contribution >= 4 is 41.1 Å². The van der Waals surface area contributed by atoms with Gasteiger partial charge in [-0.3, -0.25) is 14.3 Å². The molecule has 0 radical (unpaired) electrons. The second-order valence-corrected chi connectivity index (χ2v) is 7.25. The first kappa shape index (κ1) is 20.4. The molecule has 2 amide bonds. The van der Waals surface area contributed by atoms with E-state index in [4.69, 9.17) is 23.2 Å². The Kier molecular flexibility index (Phi) is 6.05. The van der Waals surface area contributed by atoms with Crippen molar-refractivity contribution in [3.63, 3.8) is 0 Å². The third-order valence-electron chi connectivity index (χ3n) is 4.63. The van der Waals surface area contributed by atoms with Gasteiger partial charge in [0, 0.05) is 44.9 Å². The Morgan fingerprint density at radius 3 is 2.36 bits per heavy atom. The molecule has 0 bridgehead atoms. The van der Waals surface area contributed by atoms with Crippen molar-refractivity contribution in [2.45, 2.75) is 6.92 Å². The van der Waals surface area contributed by atoms with E-state index in [1.54, 1.807) is 27.6 Å². The van der Waals surface area contributed by atoms with Gasteiger partial charge in [-0.1, -0.05) is 23.2 Å². The molecular formula is C19H19Cl2FN4O2. The van der Waals surface area contributed by atoms with Crippen molar-refractivity contribution in [3.05, 3.63) is 57.1 Å². The van der Waals surface area contributed by atoms with Crippen LogP contribution in [-0.4, -0.2) is 57.6 Å². The highest BCUT2D eigenvalue weighted by Gasteiger charge is 2.25. The fourth-order valence-corrected chi connectivity index (χ4v) is 3.54. The van der Waals surface area contributed by atoms with E-state index >= 15 is 0 Å². The second kappa shape index (κ2) is 8.32. The van der Waals surface area contributed by atoms with Crippen LogP contribution >= 0.6 is 23.2 Å². The lowest BCUT2D eigenvalue weighted by Gasteiger charge is -2.34. The van der Waals surface area contributed by atoms with Crippen LogP contribution in [0.5, 0.6) is 0 Å². The first-order valence-corrected chi connectivity index (χ1v) is 9.44. The molecule has 0 unspecified atom stereocenters. The summed E-state index contributed by atoms with van der Waals surface area (Å²) < 4.78 is 14.7. The van der Waals surface area contributed by atoms with Crippen LogP contribution in [0.2, 0.25) is 10.2 Å². The molecule has 1 aliphatic rings. The van der Waals surface area contributed by atoms with E-state index in [9.17, 15) is 14.0 Å². The van der Waals surface area contributed by atoms with Crippen molar-refractivity contribution in [2.75, 3.05) is 26.2 Å². The topological polar surface area (TPSA) is 58.4 Å². The molecule has 6 nitrogen and oxygen atoms in total. The third kappa shape index (κ3) is 4.20. The molecule has 1 aromatic carbocycles. The number of aryl methyl sites for hydroxylation is 2. The van der Waals surface area contributed by atoms with Crippen LogP contribution in [-0.2, 0) is 11.8 Å². The van der Waals surface area contributed by atoms with Gasteiger partial charge >= 0.3 is 0 Å². The summed E-state index contributed by atoms with van der Waals surface area (Å²) in [5.74, 6) is -0.927. The number of rotatable bonds is 3. The maximum Gasteiger partial charge on any atom is 0.255 e. The molecule has 3 rings (SSSR count). The second-order valence-electron chi connectivity index (χ2n) is 6.49. The average Bonchev–Trinajstić information content (AvgIpc) is 2.91. The molecule has 9 heteroatoms. The normalized spacial score (nSPS) is 14.8. The number of nitrogens with zero attached hydrogens (tertiary/aromatic N) is 4. The van der Waals surface area contributed by atoms with Crippen molar-refractivity contribution in [1.29, 1.82) is 0 Å². The molecule has 1 aliphatic heterocycles. The van der Waals surface area contributed by atoms with Crippen molar-refractivity contribution in [1.82, 2.24) is 19.6 Å². The predicted molar refractivity (Wildman–Crippen MR) is 106 cm³/mol. The van der Waals surface area contributed by atoms with E-state index in [0.717, 1.165) is 11.8 Å². The molecule has 2 heterocycles. The Bertz CT molecular complexity index is 950. The van der Waals surface area contributed by atoms with Gasteiger partial charge < -0.3 is 9.80 Å². The smallest absolute Gasteiger partial charge is 0.255 e. The van der Waals surface area contributed by atoms with Gasteiger partial charge in [0.2, 0.25) is 5.91 Å². The van der Waals surface area contributed by atoms with E-state index in [-0.39, 0.29) is 22.4 Å². The Morgan fingerprint density at radius 2 is 1.79 bits per heavy atom. The summed E-state index contributed by atoms with van der Waals surface area (Å²) in [5.41, 5.74) is 1.70. The average molecular weight is 425 g/mol. The minimum absolute atomic E-state index is 0.0789. The van der Waals surface area contributed by atoms with Gasteiger partial charge in [0.1, 0.15) is 11.0 Å². The lowest BCUT2D eigenvalue weighted by atomic mass is 10.1. The van der Waals surface area contributed by atoms with Gasteiger partial charge in [-0.15, -0.1) is 0 Å². The quantitative estimate of drug-likeness (QED) is 0.710. The molecular weight excluding hydrogens is 406 g/mol. The van der Waals surface area contributed by atoms with Crippen LogP contribution in [0.1, 0.15) is 21.6 Å². The number of carbonyl (C=O) groups is 2. The van der Waals surface area contributed by atoms with Crippen LogP contribution in [0, 0.1) is 12.7 Å². The first-order valence-electron chi connectivity index (χ1n) is 8.68. The highest BCUT2D eigenvalue weighted by Crippen LogP contribution is 2.21. The molecule has 0 spiro atoms. The van der Waals surface area contributed by atoms with Crippen LogP contribution in [0.3, 0.4) is 0 Å². The minimum atomic E-state index is -0.493. The van der Waals surface area contributed by atoms with Gasteiger partial charge in [-0.05, 0) is 31.2 Å².